The molecular weight excluding hydrogens is 238 g/mol. The summed E-state index contributed by atoms with van der Waals surface area (Å²) in [7, 11) is 0. The van der Waals surface area contributed by atoms with Crippen LogP contribution in [-0.2, 0) is 6.42 Å². The van der Waals surface area contributed by atoms with Gasteiger partial charge >= 0.3 is 0 Å². The van der Waals surface area contributed by atoms with Crippen molar-refractivity contribution in [1.29, 1.82) is 0 Å². The van der Waals surface area contributed by atoms with E-state index in [-0.39, 0.29) is 5.75 Å². The molecule has 1 N–H and O–H groups in total. The van der Waals surface area contributed by atoms with Crippen molar-refractivity contribution in [2.75, 3.05) is 0 Å². The van der Waals surface area contributed by atoms with Crippen LogP contribution in [0, 0.1) is 0 Å². The fourth-order valence-electron chi connectivity index (χ4n) is 2.12. The lowest BCUT2D eigenvalue weighted by Crippen LogP contribution is -1.98. The first kappa shape index (κ1) is 11.5. The summed E-state index contributed by atoms with van der Waals surface area (Å²) in [5.41, 5.74) is 3.13. The highest BCUT2D eigenvalue weighted by molar-refractivity contribution is 5.76. The SMILES string of the molecule is C=CCc1cccc(-n2nnc3ccccc32)c1O. The molecule has 94 valence electrons. The largest absolute Gasteiger partial charge is 0.505 e. The van der Waals surface area contributed by atoms with Crippen molar-refractivity contribution in [1.82, 2.24) is 15.0 Å². The van der Waals surface area contributed by atoms with Gasteiger partial charge in [-0.25, -0.2) is 4.68 Å². The average molecular weight is 251 g/mol. The summed E-state index contributed by atoms with van der Waals surface area (Å²) < 4.78 is 1.65. The highest BCUT2D eigenvalue weighted by atomic mass is 16.3. The monoisotopic (exact) mass is 251 g/mol. The Morgan fingerprint density at radius 2 is 2.00 bits per heavy atom. The molecule has 2 aromatic carbocycles. The number of allylic oxidation sites excluding steroid dienone is 1. The molecule has 0 unspecified atom stereocenters. The molecule has 19 heavy (non-hydrogen) atoms. The lowest BCUT2D eigenvalue weighted by atomic mass is 10.1. The van der Waals surface area contributed by atoms with Gasteiger partial charge in [0.1, 0.15) is 17.0 Å². The zero-order valence-corrected chi connectivity index (χ0v) is 10.3. The summed E-state index contributed by atoms with van der Waals surface area (Å²) in [5.74, 6) is 0.220. The number of phenolic OH excluding ortho intramolecular Hbond substituents is 1. The van der Waals surface area contributed by atoms with Crippen LogP contribution in [-0.4, -0.2) is 20.1 Å². The van der Waals surface area contributed by atoms with E-state index in [0.717, 1.165) is 16.6 Å². The van der Waals surface area contributed by atoms with Crippen LogP contribution in [0.2, 0.25) is 0 Å². The number of hydrogen-bond acceptors (Lipinski definition) is 3. The number of para-hydroxylation sites is 2. The standard InChI is InChI=1S/C15H13N3O/c1-2-6-11-7-5-10-14(15(11)19)18-13-9-4-3-8-12(13)16-17-18/h2-5,7-10,19H,1,6H2. The molecule has 1 heterocycles. The summed E-state index contributed by atoms with van der Waals surface area (Å²) in [5, 5.41) is 18.5. The fourth-order valence-corrected chi connectivity index (χ4v) is 2.12. The molecule has 0 bridgehead atoms. The van der Waals surface area contributed by atoms with Gasteiger partial charge in [0, 0.05) is 0 Å². The van der Waals surface area contributed by atoms with Crippen LogP contribution >= 0.6 is 0 Å². The highest BCUT2D eigenvalue weighted by Gasteiger charge is 2.11. The van der Waals surface area contributed by atoms with Gasteiger partial charge in [0.25, 0.3) is 0 Å². The summed E-state index contributed by atoms with van der Waals surface area (Å²) in [6.07, 6.45) is 2.38. The Bertz CT molecular complexity index is 746. The fraction of sp³-hybridized carbons (Fsp3) is 0.0667. The second-order valence-corrected chi connectivity index (χ2v) is 4.27. The van der Waals surface area contributed by atoms with Gasteiger partial charge in [-0.1, -0.05) is 35.6 Å². The topological polar surface area (TPSA) is 50.9 Å². The molecule has 3 rings (SSSR count). The molecule has 0 saturated heterocycles. The van der Waals surface area contributed by atoms with E-state index >= 15 is 0 Å². The molecule has 0 radical (unpaired) electrons. The van der Waals surface area contributed by atoms with Gasteiger partial charge in [-0.15, -0.1) is 11.7 Å². The zero-order valence-electron chi connectivity index (χ0n) is 10.3. The second kappa shape index (κ2) is 4.57. The number of benzene rings is 2. The molecule has 4 heteroatoms. The normalized spacial score (nSPS) is 10.7. The Kier molecular flexibility index (Phi) is 2.76. The third kappa shape index (κ3) is 1.87. The van der Waals surface area contributed by atoms with Crippen molar-refractivity contribution in [3.63, 3.8) is 0 Å². The molecule has 0 aliphatic carbocycles. The minimum absolute atomic E-state index is 0.220. The Morgan fingerprint density at radius 3 is 2.84 bits per heavy atom. The van der Waals surface area contributed by atoms with E-state index in [9.17, 15) is 5.11 Å². The third-order valence-electron chi connectivity index (χ3n) is 3.04. The summed E-state index contributed by atoms with van der Waals surface area (Å²) in [6.45, 7) is 3.69. The molecular formula is C15H13N3O. The number of aromatic nitrogens is 3. The number of hydrogen-bond donors (Lipinski definition) is 1. The van der Waals surface area contributed by atoms with Crippen LogP contribution in [0.25, 0.3) is 16.7 Å². The molecule has 3 aromatic rings. The number of aromatic hydroxyl groups is 1. The molecule has 0 saturated carbocycles. The molecule has 0 spiro atoms. The van der Waals surface area contributed by atoms with Crippen LogP contribution in [0.15, 0.2) is 55.1 Å². The molecule has 4 nitrogen and oxygen atoms in total. The molecule has 0 fully saturated rings. The van der Waals surface area contributed by atoms with Gasteiger partial charge in [0.05, 0.1) is 5.52 Å². The molecule has 0 aliphatic rings. The van der Waals surface area contributed by atoms with Gasteiger partial charge in [-0.05, 0) is 30.2 Å². The van der Waals surface area contributed by atoms with Gasteiger partial charge in [-0.3, -0.25) is 0 Å². The average Bonchev–Trinajstić information content (AvgIpc) is 2.85. The summed E-state index contributed by atoms with van der Waals surface area (Å²) in [6, 6.07) is 13.2. The molecule has 0 atom stereocenters. The predicted octanol–water partition coefficient (Wildman–Crippen LogP) is 2.85. The van der Waals surface area contributed by atoms with Crippen LogP contribution in [0.5, 0.6) is 5.75 Å². The first-order chi connectivity index (χ1) is 9.31. The van der Waals surface area contributed by atoms with Crippen molar-refractivity contribution in [2.45, 2.75) is 6.42 Å². The molecule has 0 amide bonds. The number of rotatable bonds is 3. The van der Waals surface area contributed by atoms with Crippen LogP contribution in [0.1, 0.15) is 5.56 Å². The van der Waals surface area contributed by atoms with Crippen molar-refractivity contribution in [3.8, 4) is 11.4 Å². The predicted molar refractivity (Wildman–Crippen MR) is 74.4 cm³/mol. The molecule has 1 aromatic heterocycles. The lowest BCUT2D eigenvalue weighted by Gasteiger charge is -2.08. The summed E-state index contributed by atoms with van der Waals surface area (Å²) >= 11 is 0. The van der Waals surface area contributed by atoms with Gasteiger partial charge in [0.2, 0.25) is 0 Å². The van der Waals surface area contributed by atoms with Crippen molar-refractivity contribution < 1.29 is 5.11 Å². The summed E-state index contributed by atoms with van der Waals surface area (Å²) in [4.78, 5) is 0. The van der Waals surface area contributed by atoms with Gasteiger partial charge in [0.15, 0.2) is 0 Å². The number of phenols is 1. The number of fused-ring (bicyclic) bond motifs is 1. The van der Waals surface area contributed by atoms with Crippen molar-refractivity contribution in [2.24, 2.45) is 0 Å². The van der Waals surface area contributed by atoms with Crippen LogP contribution < -0.4 is 0 Å². The minimum atomic E-state index is 0.220. The minimum Gasteiger partial charge on any atom is -0.505 e. The first-order valence-electron chi connectivity index (χ1n) is 6.04. The Labute approximate surface area is 110 Å². The maximum atomic E-state index is 10.3. The second-order valence-electron chi connectivity index (χ2n) is 4.27. The van der Waals surface area contributed by atoms with Gasteiger partial charge in [-0.2, -0.15) is 0 Å². The Morgan fingerprint density at radius 1 is 1.16 bits per heavy atom. The van der Waals surface area contributed by atoms with Crippen molar-refractivity contribution in [3.05, 3.63) is 60.7 Å². The third-order valence-corrected chi connectivity index (χ3v) is 3.04. The smallest absolute Gasteiger partial charge is 0.144 e. The van der Waals surface area contributed by atoms with E-state index in [2.05, 4.69) is 16.9 Å². The van der Waals surface area contributed by atoms with E-state index in [0.29, 0.717) is 12.1 Å². The van der Waals surface area contributed by atoms with Crippen LogP contribution in [0.3, 0.4) is 0 Å². The van der Waals surface area contributed by atoms with E-state index in [4.69, 9.17) is 0 Å². The zero-order chi connectivity index (χ0) is 13.2. The maximum Gasteiger partial charge on any atom is 0.144 e. The Balaban J connectivity index is 2.21. The van der Waals surface area contributed by atoms with Gasteiger partial charge < -0.3 is 5.11 Å². The lowest BCUT2D eigenvalue weighted by molar-refractivity contribution is 0.465. The van der Waals surface area contributed by atoms with E-state index < -0.39 is 0 Å². The van der Waals surface area contributed by atoms with E-state index in [1.165, 1.54) is 0 Å². The van der Waals surface area contributed by atoms with E-state index in [1.807, 2.05) is 42.5 Å². The molecule has 0 aliphatic heterocycles. The quantitative estimate of drug-likeness (QED) is 0.728. The Hall–Kier alpha value is -2.62. The maximum absolute atomic E-state index is 10.3. The van der Waals surface area contributed by atoms with Crippen molar-refractivity contribution >= 4 is 11.0 Å². The first-order valence-corrected chi connectivity index (χ1v) is 6.04. The van der Waals surface area contributed by atoms with E-state index in [1.54, 1.807) is 10.8 Å². The van der Waals surface area contributed by atoms with Crippen LogP contribution in [0.4, 0.5) is 0 Å². The highest BCUT2D eigenvalue weighted by Crippen LogP contribution is 2.28. The number of nitrogens with zero attached hydrogens (tertiary/aromatic N) is 3.